The van der Waals surface area contributed by atoms with Crippen molar-refractivity contribution in [1.29, 1.82) is 0 Å². The van der Waals surface area contributed by atoms with Crippen molar-refractivity contribution >= 4 is 30.2 Å². The van der Waals surface area contributed by atoms with Crippen LogP contribution in [0.25, 0.3) is 0 Å². The molecule has 0 aliphatic carbocycles. The van der Waals surface area contributed by atoms with Crippen LogP contribution in [0.4, 0.5) is 0 Å². The maximum absolute atomic E-state index is 9.44. The summed E-state index contributed by atoms with van der Waals surface area (Å²) in [7, 11) is 0. The number of carbonyl (C=O) groups excluding carboxylic acids is 1. The van der Waals surface area contributed by atoms with E-state index in [9.17, 15) is 4.79 Å². The standard InChI is InChI=1S/C5H10OS.C3H6O.C2H6OS/c1-5(2)6-3-4-7-5;1-3(2)4;3-1-2-4/h3-4H2,1-2H3;1-2H3;3-4H,1-2H2. The Balaban J connectivity index is 0. The van der Waals surface area contributed by atoms with Crippen molar-refractivity contribution in [2.75, 3.05) is 24.7 Å². The van der Waals surface area contributed by atoms with Crippen molar-refractivity contribution in [3.8, 4) is 0 Å². The summed E-state index contributed by atoms with van der Waals surface area (Å²) in [6.45, 7) is 8.37. The minimum absolute atomic E-state index is 0.111. The van der Waals surface area contributed by atoms with E-state index < -0.39 is 0 Å². The van der Waals surface area contributed by atoms with Gasteiger partial charge in [-0.1, -0.05) is 0 Å². The predicted octanol–water partition coefficient (Wildman–Crippen LogP) is 1.99. The molecule has 0 aromatic rings. The molecule has 0 bridgehead atoms. The summed E-state index contributed by atoms with van der Waals surface area (Å²) in [6.07, 6.45) is 0. The first-order chi connectivity index (χ1) is 6.85. The number of rotatable bonds is 1. The fourth-order valence-electron chi connectivity index (χ4n) is 0.617. The predicted molar refractivity (Wildman–Crippen MR) is 69.8 cm³/mol. The Kier molecular flexibility index (Phi) is 12.7. The van der Waals surface area contributed by atoms with Crippen molar-refractivity contribution in [2.24, 2.45) is 0 Å². The zero-order chi connectivity index (χ0) is 12.3. The highest BCUT2D eigenvalue weighted by Gasteiger charge is 2.23. The van der Waals surface area contributed by atoms with Gasteiger partial charge in [0.15, 0.2) is 0 Å². The third-order valence-electron chi connectivity index (χ3n) is 1.08. The van der Waals surface area contributed by atoms with E-state index in [0.717, 1.165) is 12.4 Å². The minimum atomic E-state index is 0.111. The molecule has 1 N–H and O–H groups in total. The van der Waals surface area contributed by atoms with Gasteiger partial charge in [-0.15, -0.1) is 11.8 Å². The Bertz CT molecular complexity index is 147. The van der Waals surface area contributed by atoms with Gasteiger partial charge in [-0.2, -0.15) is 12.6 Å². The summed E-state index contributed by atoms with van der Waals surface area (Å²) in [5.41, 5.74) is 0. The van der Waals surface area contributed by atoms with E-state index in [2.05, 4.69) is 26.5 Å². The molecule has 15 heavy (non-hydrogen) atoms. The van der Waals surface area contributed by atoms with Crippen LogP contribution in [0.1, 0.15) is 27.7 Å². The highest BCUT2D eigenvalue weighted by Crippen LogP contribution is 2.30. The molecule has 92 valence electrons. The van der Waals surface area contributed by atoms with Gasteiger partial charge in [-0.05, 0) is 27.7 Å². The quantitative estimate of drug-likeness (QED) is 0.703. The number of carbonyl (C=O) groups is 1. The Morgan fingerprint density at radius 2 is 1.93 bits per heavy atom. The first-order valence-electron chi connectivity index (χ1n) is 4.82. The number of Topliss-reactive ketones (excluding diaryl/α,β-unsaturated/α-hetero) is 1. The second-order valence-electron chi connectivity index (χ2n) is 3.45. The first kappa shape index (κ1) is 17.7. The number of hydrogen-bond donors (Lipinski definition) is 2. The third-order valence-corrected chi connectivity index (χ3v) is 2.47. The molecule has 0 spiro atoms. The maximum atomic E-state index is 9.44. The number of ketones is 1. The molecule has 1 heterocycles. The van der Waals surface area contributed by atoms with E-state index in [1.807, 2.05) is 11.8 Å². The van der Waals surface area contributed by atoms with E-state index in [4.69, 9.17) is 9.84 Å². The molecule has 3 nitrogen and oxygen atoms in total. The molecular formula is C10H22O3S2. The maximum Gasteiger partial charge on any atom is 0.126 e. The van der Waals surface area contributed by atoms with E-state index >= 15 is 0 Å². The van der Waals surface area contributed by atoms with Crippen LogP contribution >= 0.6 is 24.4 Å². The Hall–Kier alpha value is 0.290. The van der Waals surface area contributed by atoms with Crippen LogP contribution in [-0.4, -0.2) is 40.5 Å². The van der Waals surface area contributed by atoms with E-state index in [1.165, 1.54) is 13.8 Å². The molecular weight excluding hydrogens is 232 g/mol. The van der Waals surface area contributed by atoms with Gasteiger partial charge in [-0.3, -0.25) is 0 Å². The van der Waals surface area contributed by atoms with Crippen LogP contribution < -0.4 is 0 Å². The zero-order valence-electron chi connectivity index (χ0n) is 9.95. The van der Waals surface area contributed by atoms with Crippen LogP contribution in [-0.2, 0) is 9.53 Å². The second kappa shape index (κ2) is 10.8. The van der Waals surface area contributed by atoms with Crippen LogP contribution in [0.15, 0.2) is 0 Å². The van der Waals surface area contributed by atoms with Crippen LogP contribution in [0.5, 0.6) is 0 Å². The summed E-state index contributed by atoms with van der Waals surface area (Å²) in [5, 5.41) is 7.80. The summed E-state index contributed by atoms with van der Waals surface area (Å²) in [5.74, 6) is 1.90. The fourth-order valence-corrected chi connectivity index (χ4v) is 1.44. The highest BCUT2D eigenvalue weighted by atomic mass is 32.2. The average molecular weight is 254 g/mol. The second-order valence-corrected chi connectivity index (χ2v) is 5.58. The fraction of sp³-hybridized carbons (Fsp3) is 0.900. The van der Waals surface area contributed by atoms with Crippen molar-refractivity contribution < 1.29 is 14.6 Å². The van der Waals surface area contributed by atoms with E-state index in [-0.39, 0.29) is 17.3 Å². The Morgan fingerprint density at radius 1 is 1.53 bits per heavy atom. The Labute approximate surface area is 102 Å². The molecule has 0 atom stereocenters. The van der Waals surface area contributed by atoms with E-state index in [0.29, 0.717) is 5.75 Å². The summed E-state index contributed by atoms with van der Waals surface area (Å²) in [6, 6.07) is 0. The molecule has 1 rings (SSSR count). The number of aliphatic hydroxyl groups excluding tert-OH is 1. The number of ether oxygens (including phenoxy) is 1. The average Bonchev–Trinajstić information content (AvgIpc) is 2.49. The molecule has 0 saturated carbocycles. The molecule has 1 saturated heterocycles. The van der Waals surface area contributed by atoms with Gasteiger partial charge >= 0.3 is 0 Å². The summed E-state index contributed by atoms with van der Waals surface area (Å²) >= 11 is 5.55. The van der Waals surface area contributed by atoms with Gasteiger partial charge in [-0.25, -0.2) is 0 Å². The monoisotopic (exact) mass is 254 g/mol. The lowest BCUT2D eigenvalue weighted by Gasteiger charge is -2.13. The van der Waals surface area contributed by atoms with Gasteiger partial charge < -0.3 is 14.6 Å². The van der Waals surface area contributed by atoms with Gasteiger partial charge in [0.05, 0.1) is 13.2 Å². The SMILES string of the molecule is CC(C)=O.CC1(C)OCCS1.OCCS. The van der Waals surface area contributed by atoms with Crippen molar-refractivity contribution in [1.82, 2.24) is 0 Å². The largest absolute Gasteiger partial charge is 0.396 e. The zero-order valence-corrected chi connectivity index (χ0v) is 11.7. The lowest BCUT2D eigenvalue weighted by atomic mass is 10.5. The lowest BCUT2D eigenvalue weighted by molar-refractivity contribution is -0.114. The molecule has 0 aromatic heterocycles. The molecule has 1 aliphatic heterocycles. The van der Waals surface area contributed by atoms with Crippen molar-refractivity contribution in [2.45, 2.75) is 32.6 Å². The number of thioether (sulfide) groups is 1. The topological polar surface area (TPSA) is 46.5 Å². The number of hydrogen-bond acceptors (Lipinski definition) is 5. The van der Waals surface area contributed by atoms with Gasteiger partial charge in [0.25, 0.3) is 0 Å². The molecule has 1 fully saturated rings. The lowest BCUT2D eigenvalue weighted by Crippen LogP contribution is -2.11. The van der Waals surface area contributed by atoms with Gasteiger partial charge in [0.2, 0.25) is 0 Å². The smallest absolute Gasteiger partial charge is 0.126 e. The molecule has 0 aromatic carbocycles. The molecule has 0 radical (unpaired) electrons. The van der Waals surface area contributed by atoms with Crippen molar-refractivity contribution in [3.63, 3.8) is 0 Å². The summed E-state index contributed by atoms with van der Waals surface area (Å²) < 4.78 is 5.30. The number of thiol groups is 1. The van der Waals surface area contributed by atoms with E-state index in [1.54, 1.807) is 0 Å². The first-order valence-corrected chi connectivity index (χ1v) is 6.44. The van der Waals surface area contributed by atoms with Gasteiger partial charge in [0.1, 0.15) is 10.7 Å². The summed E-state index contributed by atoms with van der Waals surface area (Å²) in [4.78, 5) is 9.56. The Morgan fingerprint density at radius 3 is 2.00 bits per heavy atom. The molecule has 1 aliphatic rings. The number of aliphatic hydroxyl groups is 1. The minimum Gasteiger partial charge on any atom is -0.396 e. The highest BCUT2D eigenvalue weighted by molar-refractivity contribution is 8.00. The molecule has 5 heteroatoms. The van der Waals surface area contributed by atoms with Gasteiger partial charge in [0, 0.05) is 11.5 Å². The molecule has 0 unspecified atom stereocenters. The van der Waals surface area contributed by atoms with Crippen LogP contribution in [0, 0.1) is 0 Å². The van der Waals surface area contributed by atoms with Crippen molar-refractivity contribution in [3.05, 3.63) is 0 Å². The van der Waals surface area contributed by atoms with Crippen LogP contribution in [0.3, 0.4) is 0 Å². The van der Waals surface area contributed by atoms with Crippen LogP contribution in [0.2, 0.25) is 0 Å². The normalized spacial score (nSPS) is 16.9. The molecule has 0 amide bonds. The third kappa shape index (κ3) is 20.4.